The lowest BCUT2D eigenvalue weighted by molar-refractivity contribution is -0.114. The minimum Gasteiger partial charge on any atom is -0.381 e. The van der Waals surface area contributed by atoms with Crippen molar-refractivity contribution in [1.82, 2.24) is 0 Å². The lowest BCUT2D eigenvalue weighted by Gasteiger charge is -2.12. The third-order valence-electron chi connectivity index (χ3n) is 2.93. The molecule has 0 saturated carbocycles. The Morgan fingerprint density at radius 3 is 2.70 bits per heavy atom. The number of halogens is 1. The third kappa shape index (κ3) is 3.82. The summed E-state index contributed by atoms with van der Waals surface area (Å²) in [5.41, 5.74) is 3.59. The number of hydrogen-bond acceptors (Lipinski definition) is 2. The van der Waals surface area contributed by atoms with Crippen LogP contribution in [0.15, 0.2) is 42.5 Å². The van der Waals surface area contributed by atoms with Crippen LogP contribution in [0.25, 0.3) is 0 Å². The van der Waals surface area contributed by atoms with E-state index in [1.807, 2.05) is 31.2 Å². The number of anilines is 2. The molecule has 0 bridgehead atoms. The van der Waals surface area contributed by atoms with Crippen molar-refractivity contribution in [3.63, 3.8) is 0 Å². The summed E-state index contributed by atoms with van der Waals surface area (Å²) < 4.78 is 13.1. The number of hydrogen-bond donors (Lipinski definition) is 2. The van der Waals surface area contributed by atoms with Crippen LogP contribution in [0, 0.1) is 12.7 Å². The molecule has 20 heavy (non-hydrogen) atoms. The Morgan fingerprint density at radius 1 is 1.20 bits per heavy atom. The van der Waals surface area contributed by atoms with E-state index in [0.29, 0.717) is 6.54 Å². The van der Waals surface area contributed by atoms with E-state index in [2.05, 4.69) is 10.6 Å². The SMILES string of the molecule is CC(=O)Nc1ccc(C)c(NCc2cccc(F)c2)c1. The summed E-state index contributed by atoms with van der Waals surface area (Å²) in [7, 11) is 0. The van der Waals surface area contributed by atoms with Crippen molar-refractivity contribution >= 4 is 17.3 Å². The largest absolute Gasteiger partial charge is 0.381 e. The van der Waals surface area contributed by atoms with Gasteiger partial charge >= 0.3 is 0 Å². The first kappa shape index (κ1) is 14.1. The van der Waals surface area contributed by atoms with Gasteiger partial charge in [0.15, 0.2) is 0 Å². The third-order valence-corrected chi connectivity index (χ3v) is 2.93. The first-order chi connectivity index (χ1) is 9.54. The maximum Gasteiger partial charge on any atom is 0.221 e. The molecule has 0 fully saturated rings. The molecule has 0 radical (unpaired) electrons. The molecule has 2 aromatic rings. The normalized spacial score (nSPS) is 10.2. The van der Waals surface area contributed by atoms with Crippen LogP contribution in [0.4, 0.5) is 15.8 Å². The number of nitrogens with one attached hydrogen (secondary N) is 2. The molecule has 4 heteroatoms. The Bertz CT molecular complexity index is 626. The second kappa shape index (κ2) is 6.19. The van der Waals surface area contributed by atoms with Gasteiger partial charge in [0.2, 0.25) is 5.91 Å². The lowest BCUT2D eigenvalue weighted by atomic mass is 10.1. The molecule has 0 heterocycles. The Kier molecular flexibility index (Phi) is 4.35. The minimum absolute atomic E-state index is 0.107. The summed E-state index contributed by atoms with van der Waals surface area (Å²) in [6.45, 7) is 3.98. The molecule has 2 rings (SSSR count). The van der Waals surface area contributed by atoms with Crippen molar-refractivity contribution in [2.75, 3.05) is 10.6 Å². The number of benzene rings is 2. The molecule has 0 aromatic heterocycles. The maximum atomic E-state index is 13.1. The summed E-state index contributed by atoms with van der Waals surface area (Å²) in [4.78, 5) is 11.1. The van der Waals surface area contributed by atoms with Crippen molar-refractivity contribution in [2.24, 2.45) is 0 Å². The van der Waals surface area contributed by atoms with Gasteiger partial charge in [0.1, 0.15) is 5.82 Å². The van der Waals surface area contributed by atoms with Crippen molar-refractivity contribution in [2.45, 2.75) is 20.4 Å². The molecule has 2 aromatic carbocycles. The molecular weight excluding hydrogens is 255 g/mol. The van der Waals surface area contributed by atoms with Crippen LogP contribution in [0.5, 0.6) is 0 Å². The zero-order valence-electron chi connectivity index (χ0n) is 11.5. The van der Waals surface area contributed by atoms with Gasteiger partial charge < -0.3 is 10.6 Å². The minimum atomic E-state index is -0.243. The Labute approximate surface area is 117 Å². The van der Waals surface area contributed by atoms with E-state index in [-0.39, 0.29) is 11.7 Å². The standard InChI is InChI=1S/C16H17FN2O/c1-11-6-7-15(19-12(2)20)9-16(11)18-10-13-4-3-5-14(17)8-13/h3-9,18H,10H2,1-2H3,(H,19,20). The van der Waals surface area contributed by atoms with E-state index >= 15 is 0 Å². The molecule has 0 aliphatic rings. The highest BCUT2D eigenvalue weighted by Crippen LogP contribution is 2.21. The fraction of sp³-hybridized carbons (Fsp3) is 0.188. The molecule has 0 saturated heterocycles. The van der Waals surface area contributed by atoms with E-state index in [0.717, 1.165) is 22.5 Å². The van der Waals surface area contributed by atoms with E-state index in [1.54, 1.807) is 6.07 Å². The molecule has 3 nitrogen and oxygen atoms in total. The van der Waals surface area contributed by atoms with Crippen LogP contribution in [0.1, 0.15) is 18.1 Å². The molecule has 0 unspecified atom stereocenters. The van der Waals surface area contributed by atoms with Crippen LogP contribution in [-0.2, 0) is 11.3 Å². The van der Waals surface area contributed by atoms with Gasteiger partial charge in [0.05, 0.1) is 0 Å². The van der Waals surface area contributed by atoms with Crippen LogP contribution in [0.3, 0.4) is 0 Å². The first-order valence-electron chi connectivity index (χ1n) is 6.41. The summed E-state index contributed by atoms with van der Waals surface area (Å²) >= 11 is 0. The van der Waals surface area contributed by atoms with Crippen LogP contribution >= 0.6 is 0 Å². The Balaban J connectivity index is 2.10. The van der Waals surface area contributed by atoms with E-state index in [1.165, 1.54) is 19.1 Å². The monoisotopic (exact) mass is 272 g/mol. The van der Waals surface area contributed by atoms with Gasteiger partial charge in [-0.1, -0.05) is 18.2 Å². The van der Waals surface area contributed by atoms with Gasteiger partial charge in [-0.2, -0.15) is 0 Å². The second-order valence-electron chi connectivity index (χ2n) is 4.69. The van der Waals surface area contributed by atoms with Crippen molar-refractivity contribution in [1.29, 1.82) is 0 Å². The molecule has 104 valence electrons. The molecule has 2 N–H and O–H groups in total. The van der Waals surface area contributed by atoms with Gasteiger partial charge in [-0.25, -0.2) is 4.39 Å². The van der Waals surface area contributed by atoms with Crippen molar-refractivity contribution < 1.29 is 9.18 Å². The van der Waals surface area contributed by atoms with Gasteiger partial charge in [-0.15, -0.1) is 0 Å². The number of rotatable bonds is 4. The topological polar surface area (TPSA) is 41.1 Å². The van der Waals surface area contributed by atoms with E-state index in [9.17, 15) is 9.18 Å². The predicted octanol–water partition coefficient (Wildman–Crippen LogP) is 3.70. The Hall–Kier alpha value is -2.36. The quantitative estimate of drug-likeness (QED) is 0.891. The fourth-order valence-electron chi connectivity index (χ4n) is 1.94. The molecule has 1 amide bonds. The average molecular weight is 272 g/mol. The fourth-order valence-corrected chi connectivity index (χ4v) is 1.94. The van der Waals surface area contributed by atoms with Gasteiger partial charge in [-0.3, -0.25) is 4.79 Å². The zero-order valence-corrected chi connectivity index (χ0v) is 11.5. The second-order valence-corrected chi connectivity index (χ2v) is 4.69. The summed E-state index contributed by atoms with van der Waals surface area (Å²) in [5, 5.41) is 5.99. The lowest BCUT2D eigenvalue weighted by Crippen LogP contribution is -2.07. The highest BCUT2D eigenvalue weighted by molar-refractivity contribution is 5.89. The number of carbonyl (C=O) groups excluding carboxylic acids is 1. The first-order valence-corrected chi connectivity index (χ1v) is 6.41. The molecule has 0 spiro atoms. The van der Waals surface area contributed by atoms with E-state index < -0.39 is 0 Å². The summed E-state index contributed by atoms with van der Waals surface area (Å²) in [5.74, 6) is -0.349. The van der Waals surface area contributed by atoms with Crippen LogP contribution in [0.2, 0.25) is 0 Å². The van der Waals surface area contributed by atoms with Crippen LogP contribution in [-0.4, -0.2) is 5.91 Å². The number of amides is 1. The molecule has 0 aliphatic carbocycles. The average Bonchev–Trinajstić information content (AvgIpc) is 2.39. The maximum absolute atomic E-state index is 13.1. The molecule has 0 atom stereocenters. The highest BCUT2D eigenvalue weighted by atomic mass is 19.1. The number of aryl methyl sites for hydroxylation is 1. The van der Waals surface area contributed by atoms with Gasteiger partial charge in [0.25, 0.3) is 0 Å². The molecule has 0 aliphatic heterocycles. The summed E-state index contributed by atoms with van der Waals surface area (Å²) in [6.07, 6.45) is 0. The van der Waals surface area contributed by atoms with E-state index in [4.69, 9.17) is 0 Å². The smallest absolute Gasteiger partial charge is 0.221 e. The van der Waals surface area contributed by atoms with Gasteiger partial charge in [-0.05, 0) is 42.3 Å². The number of carbonyl (C=O) groups is 1. The van der Waals surface area contributed by atoms with Crippen LogP contribution < -0.4 is 10.6 Å². The summed E-state index contributed by atoms with van der Waals surface area (Å²) in [6, 6.07) is 12.1. The van der Waals surface area contributed by atoms with Crippen molar-refractivity contribution in [3.05, 3.63) is 59.4 Å². The van der Waals surface area contributed by atoms with Gasteiger partial charge in [0, 0.05) is 24.8 Å². The Morgan fingerprint density at radius 2 is 2.00 bits per heavy atom. The molecular formula is C16H17FN2O. The zero-order chi connectivity index (χ0) is 14.5. The van der Waals surface area contributed by atoms with Crippen molar-refractivity contribution in [3.8, 4) is 0 Å². The predicted molar refractivity (Wildman–Crippen MR) is 79.2 cm³/mol. The highest BCUT2D eigenvalue weighted by Gasteiger charge is 2.02.